The Balaban J connectivity index is 0.938. The number of furan rings is 2. The molecule has 0 radical (unpaired) electrons. The van der Waals surface area contributed by atoms with Gasteiger partial charge >= 0.3 is 0 Å². The molecule has 0 unspecified atom stereocenters. The van der Waals surface area contributed by atoms with Crippen LogP contribution in [0.15, 0.2) is 245 Å². The van der Waals surface area contributed by atoms with Crippen LogP contribution < -0.4 is 4.90 Å². The molecule has 65 heavy (non-hydrogen) atoms. The van der Waals surface area contributed by atoms with Crippen LogP contribution in [0.1, 0.15) is 0 Å². The summed E-state index contributed by atoms with van der Waals surface area (Å²) in [6.07, 6.45) is 0. The molecule has 0 bridgehead atoms. The van der Waals surface area contributed by atoms with Crippen LogP contribution in [0.25, 0.3) is 110 Å². The highest BCUT2D eigenvalue weighted by molar-refractivity contribution is 6.18. The minimum atomic E-state index is 0.879. The highest BCUT2D eigenvalue weighted by Gasteiger charge is 2.21. The second-order valence-electron chi connectivity index (χ2n) is 16.8. The lowest BCUT2D eigenvalue weighted by atomic mass is 9.95. The van der Waals surface area contributed by atoms with Crippen LogP contribution in [-0.4, -0.2) is 0 Å². The van der Waals surface area contributed by atoms with E-state index in [0.717, 1.165) is 99.5 Å². The van der Waals surface area contributed by atoms with Gasteiger partial charge in [0.2, 0.25) is 0 Å². The minimum absolute atomic E-state index is 0.879. The van der Waals surface area contributed by atoms with Crippen LogP contribution in [0.5, 0.6) is 0 Å². The van der Waals surface area contributed by atoms with Gasteiger partial charge in [-0.1, -0.05) is 176 Å². The second kappa shape index (κ2) is 15.0. The minimum Gasteiger partial charge on any atom is -0.456 e. The average molecular weight is 830 g/mol. The zero-order chi connectivity index (χ0) is 42.8. The lowest BCUT2D eigenvalue weighted by Crippen LogP contribution is -2.11. The quantitative estimate of drug-likeness (QED) is 0.160. The lowest BCUT2D eigenvalue weighted by Gasteiger charge is -2.28. The normalized spacial score (nSPS) is 11.7. The summed E-state index contributed by atoms with van der Waals surface area (Å²) in [6.45, 7) is 0. The third kappa shape index (κ3) is 6.20. The number of nitrogens with zero attached hydrogens (tertiary/aromatic N) is 1. The Labute approximate surface area is 375 Å². The van der Waals surface area contributed by atoms with Gasteiger partial charge in [0, 0.05) is 49.4 Å². The van der Waals surface area contributed by atoms with Crippen LogP contribution >= 0.6 is 0 Å². The molecule has 13 aromatic rings. The summed E-state index contributed by atoms with van der Waals surface area (Å²) in [7, 11) is 0. The third-order valence-electron chi connectivity index (χ3n) is 13.1. The van der Waals surface area contributed by atoms with Gasteiger partial charge in [-0.3, -0.25) is 0 Å². The van der Waals surface area contributed by atoms with Crippen molar-refractivity contribution in [3.63, 3.8) is 0 Å². The van der Waals surface area contributed by atoms with Gasteiger partial charge in [0.1, 0.15) is 22.3 Å². The summed E-state index contributed by atoms with van der Waals surface area (Å²) >= 11 is 0. The molecule has 304 valence electrons. The predicted molar refractivity (Wildman–Crippen MR) is 272 cm³/mol. The molecule has 0 aliphatic heterocycles. The zero-order valence-corrected chi connectivity index (χ0v) is 35.3. The maximum absolute atomic E-state index is 6.92. The molecule has 0 fully saturated rings. The van der Waals surface area contributed by atoms with Crippen molar-refractivity contribution in [3.8, 4) is 44.5 Å². The maximum Gasteiger partial charge on any atom is 0.143 e. The molecular weight excluding hydrogens is 791 g/mol. The van der Waals surface area contributed by atoms with E-state index < -0.39 is 0 Å². The molecule has 3 heteroatoms. The number of fused-ring (bicyclic) bond motifs is 9. The van der Waals surface area contributed by atoms with Gasteiger partial charge < -0.3 is 13.7 Å². The first-order valence-electron chi connectivity index (χ1n) is 22.1. The van der Waals surface area contributed by atoms with Gasteiger partial charge in [0.05, 0.1) is 5.69 Å². The van der Waals surface area contributed by atoms with E-state index in [4.69, 9.17) is 8.83 Å². The first kappa shape index (κ1) is 36.9. The largest absolute Gasteiger partial charge is 0.456 e. The van der Waals surface area contributed by atoms with Crippen LogP contribution in [-0.2, 0) is 0 Å². The molecule has 13 rings (SSSR count). The Morgan fingerprint density at radius 3 is 1.60 bits per heavy atom. The van der Waals surface area contributed by atoms with E-state index in [0.29, 0.717) is 0 Å². The summed E-state index contributed by atoms with van der Waals surface area (Å²) in [5.41, 5.74) is 15.8. The van der Waals surface area contributed by atoms with Crippen molar-refractivity contribution < 1.29 is 8.83 Å². The Kier molecular flexibility index (Phi) is 8.53. The SMILES string of the molecule is c1cc(-c2ccc(N(c3ccc(-c4ccc5c(c4)oc4ccccc45)cc3)c3ccccc3-c3cccc4c3oc3c5ccccc5ccc43)cc2)cc(-c2cccc3ccccc23)c1. The Morgan fingerprint density at radius 2 is 0.785 bits per heavy atom. The van der Waals surface area contributed by atoms with Crippen molar-refractivity contribution in [2.24, 2.45) is 0 Å². The number of hydrogen-bond donors (Lipinski definition) is 0. The molecule has 3 nitrogen and oxygen atoms in total. The fourth-order valence-electron chi connectivity index (χ4n) is 9.92. The van der Waals surface area contributed by atoms with Crippen molar-refractivity contribution >= 4 is 82.5 Å². The maximum atomic E-state index is 6.92. The molecule has 11 aromatic carbocycles. The molecule has 0 saturated heterocycles. The fourth-order valence-corrected chi connectivity index (χ4v) is 9.92. The molecule has 0 N–H and O–H groups in total. The van der Waals surface area contributed by atoms with Crippen LogP contribution in [0.4, 0.5) is 17.1 Å². The second-order valence-corrected chi connectivity index (χ2v) is 16.8. The van der Waals surface area contributed by atoms with Gasteiger partial charge in [-0.2, -0.15) is 0 Å². The molecule has 0 atom stereocenters. The molecule has 2 aromatic heterocycles. The number of rotatable bonds is 7. The molecule has 0 saturated carbocycles. The molecular formula is C62H39NO2. The van der Waals surface area contributed by atoms with E-state index in [2.05, 4.69) is 229 Å². The average Bonchev–Trinajstić information content (AvgIpc) is 3.96. The highest BCUT2D eigenvalue weighted by Crippen LogP contribution is 2.46. The van der Waals surface area contributed by atoms with E-state index in [1.54, 1.807) is 0 Å². The van der Waals surface area contributed by atoms with E-state index in [1.165, 1.54) is 27.5 Å². The van der Waals surface area contributed by atoms with Gasteiger partial charge in [0.25, 0.3) is 0 Å². The molecule has 2 heterocycles. The molecule has 0 aliphatic carbocycles. The smallest absolute Gasteiger partial charge is 0.143 e. The fraction of sp³-hybridized carbons (Fsp3) is 0. The first-order chi connectivity index (χ1) is 32.2. The topological polar surface area (TPSA) is 29.5 Å². The molecule has 0 amide bonds. The van der Waals surface area contributed by atoms with Crippen LogP contribution in [0.2, 0.25) is 0 Å². The van der Waals surface area contributed by atoms with E-state index in [-0.39, 0.29) is 0 Å². The lowest BCUT2D eigenvalue weighted by molar-refractivity contribution is 0.669. The Hall–Kier alpha value is -8.66. The summed E-state index contributed by atoms with van der Waals surface area (Å²) in [5, 5.41) is 9.25. The summed E-state index contributed by atoms with van der Waals surface area (Å²) in [5.74, 6) is 0. The van der Waals surface area contributed by atoms with Gasteiger partial charge in [-0.05, 0) is 110 Å². The number of para-hydroxylation sites is 3. The van der Waals surface area contributed by atoms with Crippen LogP contribution in [0.3, 0.4) is 0 Å². The van der Waals surface area contributed by atoms with E-state index >= 15 is 0 Å². The van der Waals surface area contributed by atoms with Gasteiger partial charge in [-0.15, -0.1) is 0 Å². The number of anilines is 3. The molecule has 0 spiro atoms. The van der Waals surface area contributed by atoms with E-state index in [1.807, 2.05) is 12.1 Å². The number of hydrogen-bond acceptors (Lipinski definition) is 3. The standard InChI is InChI=1S/C62H39NO2/c1-3-17-49-42(12-1)14-10-21-50(49)46-16-9-15-44(38-46)40-26-32-47(33-27-40)63(48-34-28-41(29-35-48)45-31-36-54-53-20-6-8-25-59(53)64-60(54)39-45)58-24-7-5-19-52(58)55-22-11-23-56-57-37-30-43-13-2-4-18-51(43)61(57)65-62(55)56/h1-39H. The number of benzene rings is 11. The monoisotopic (exact) mass is 829 g/mol. The van der Waals surface area contributed by atoms with E-state index in [9.17, 15) is 0 Å². The van der Waals surface area contributed by atoms with Crippen molar-refractivity contribution in [1.82, 2.24) is 0 Å². The molecule has 0 aliphatic rings. The van der Waals surface area contributed by atoms with Crippen molar-refractivity contribution in [2.45, 2.75) is 0 Å². The van der Waals surface area contributed by atoms with Crippen molar-refractivity contribution in [2.75, 3.05) is 4.90 Å². The summed E-state index contributed by atoms with van der Waals surface area (Å²) < 4.78 is 13.2. The summed E-state index contributed by atoms with van der Waals surface area (Å²) in [4.78, 5) is 2.37. The van der Waals surface area contributed by atoms with Crippen molar-refractivity contribution in [3.05, 3.63) is 237 Å². The zero-order valence-electron chi connectivity index (χ0n) is 35.3. The third-order valence-corrected chi connectivity index (χ3v) is 13.1. The van der Waals surface area contributed by atoms with Gasteiger partial charge in [0.15, 0.2) is 0 Å². The predicted octanol–water partition coefficient (Wildman–Crippen LogP) is 17.9. The summed E-state index contributed by atoms with van der Waals surface area (Å²) in [6, 6.07) is 84.7. The van der Waals surface area contributed by atoms with Crippen molar-refractivity contribution in [1.29, 1.82) is 0 Å². The Morgan fingerprint density at radius 1 is 0.262 bits per heavy atom. The Bertz CT molecular complexity index is 3940. The first-order valence-corrected chi connectivity index (χ1v) is 22.1. The highest BCUT2D eigenvalue weighted by atomic mass is 16.3. The van der Waals surface area contributed by atoms with Crippen LogP contribution in [0, 0.1) is 0 Å². The van der Waals surface area contributed by atoms with Gasteiger partial charge in [-0.25, -0.2) is 0 Å².